The van der Waals surface area contributed by atoms with E-state index in [2.05, 4.69) is 35.7 Å². The third-order valence-corrected chi connectivity index (χ3v) is 6.73. The number of hydrogen-bond donors (Lipinski definition) is 4. The molecule has 0 saturated heterocycles. The molecule has 4 N–H and O–H groups in total. The van der Waals surface area contributed by atoms with E-state index in [0.29, 0.717) is 41.2 Å². The van der Waals surface area contributed by atoms with Crippen molar-refractivity contribution in [2.45, 2.75) is 18.7 Å². The largest absolute Gasteiger partial charge is 0.382 e. The molecule has 0 unspecified atom stereocenters. The van der Waals surface area contributed by atoms with Gasteiger partial charge in [-0.05, 0) is 60.3 Å². The Morgan fingerprint density at radius 1 is 1.06 bits per heavy atom. The fourth-order valence-electron chi connectivity index (χ4n) is 2.82. The first-order valence-corrected chi connectivity index (χ1v) is 13.0. The standard InChI is InChI=1S/C22H28N4O8S2/c1-16-4-9-20(36(29,30)26-19-7-5-18(6-8-19)25-23-15-27)17(2)22(16)24-21(28)14-35-13-12-33-34-32-11-10-31-3/h4-9,12-13,15,25-26H,10-11,14H2,1-3H3,(H,23,27)(H,24,28)/b13-12+. The molecule has 36 heavy (non-hydrogen) atoms. The minimum Gasteiger partial charge on any atom is -0.382 e. The molecule has 0 aliphatic rings. The van der Waals surface area contributed by atoms with E-state index in [1.54, 1.807) is 44.2 Å². The fourth-order valence-corrected chi connectivity index (χ4v) is 4.57. The zero-order valence-corrected chi connectivity index (χ0v) is 21.5. The van der Waals surface area contributed by atoms with Crippen LogP contribution in [0.3, 0.4) is 0 Å². The summed E-state index contributed by atoms with van der Waals surface area (Å²) in [6.07, 6.45) is 1.69. The lowest BCUT2D eigenvalue weighted by Crippen LogP contribution is -2.19. The molecule has 196 valence electrons. The van der Waals surface area contributed by atoms with Gasteiger partial charge in [0.25, 0.3) is 10.0 Å². The van der Waals surface area contributed by atoms with Crippen molar-refractivity contribution in [3.05, 3.63) is 59.2 Å². The maximum Gasteiger partial charge on any atom is 0.262 e. The van der Waals surface area contributed by atoms with Crippen LogP contribution in [-0.2, 0) is 39.2 Å². The highest BCUT2D eigenvalue weighted by Crippen LogP contribution is 2.28. The second-order valence-electron chi connectivity index (χ2n) is 7.06. The van der Waals surface area contributed by atoms with Crippen LogP contribution in [0.2, 0.25) is 0 Å². The molecule has 0 bridgehead atoms. The molecule has 2 amide bonds. The van der Waals surface area contributed by atoms with Crippen molar-refractivity contribution in [2.24, 2.45) is 0 Å². The summed E-state index contributed by atoms with van der Waals surface area (Å²) in [5.41, 5.74) is 7.35. The van der Waals surface area contributed by atoms with Crippen molar-refractivity contribution in [1.29, 1.82) is 0 Å². The Balaban J connectivity index is 1.98. The minimum absolute atomic E-state index is 0.0276. The van der Waals surface area contributed by atoms with Crippen LogP contribution >= 0.6 is 11.8 Å². The lowest BCUT2D eigenvalue weighted by molar-refractivity contribution is -0.490. The Bertz CT molecular complexity index is 1140. The van der Waals surface area contributed by atoms with E-state index in [1.165, 1.54) is 24.8 Å². The van der Waals surface area contributed by atoms with Crippen molar-refractivity contribution >= 4 is 51.2 Å². The summed E-state index contributed by atoms with van der Waals surface area (Å²) in [6, 6.07) is 9.39. The van der Waals surface area contributed by atoms with Crippen LogP contribution in [0.4, 0.5) is 17.1 Å². The number of ether oxygens (including phenoxy) is 1. The number of rotatable bonds is 16. The number of hydrazine groups is 1. The van der Waals surface area contributed by atoms with Gasteiger partial charge in [0.1, 0.15) is 12.9 Å². The van der Waals surface area contributed by atoms with Crippen LogP contribution in [0.15, 0.2) is 53.0 Å². The number of aryl methyl sites for hydroxylation is 1. The first kappa shape index (κ1) is 28.9. The highest BCUT2D eigenvalue weighted by Gasteiger charge is 2.21. The Morgan fingerprint density at radius 2 is 1.78 bits per heavy atom. The van der Waals surface area contributed by atoms with Crippen LogP contribution in [0.5, 0.6) is 0 Å². The Morgan fingerprint density at radius 3 is 2.47 bits per heavy atom. The van der Waals surface area contributed by atoms with Gasteiger partial charge in [0.15, 0.2) is 0 Å². The van der Waals surface area contributed by atoms with Gasteiger partial charge >= 0.3 is 0 Å². The third kappa shape index (κ3) is 9.39. The third-order valence-electron chi connectivity index (χ3n) is 4.47. The van der Waals surface area contributed by atoms with Crippen molar-refractivity contribution in [2.75, 3.05) is 41.5 Å². The van der Waals surface area contributed by atoms with Gasteiger partial charge in [-0.25, -0.2) is 8.42 Å². The molecule has 14 heteroatoms. The molecular formula is C22H28N4O8S2. The summed E-state index contributed by atoms with van der Waals surface area (Å²) in [5.74, 6) is -0.277. The van der Waals surface area contributed by atoms with E-state index in [-0.39, 0.29) is 23.2 Å². The van der Waals surface area contributed by atoms with Gasteiger partial charge in [0, 0.05) is 23.9 Å². The molecule has 0 aliphatic heterocycles. The van der Waals surface area contributed by atoms with Gasteiger partial charge < -0.3 is 14.9 Å². The molecule has 0 fully saturated rings. The van der Waals surface area contributed by atoms with Crippen molar-refractivity contribution < 1.29 is 37.6 Å². The second kappa shape index (κ2) is 15.0. The molecule has 0 heterocycles. The number of nitrogens with one attached hydrogen (secondary N) is 4. The smallest absolute Gasteiger partial charge is 0.262 e. The molecule has 0 aromatic heterocycles. The van der Waals surface area contributed by atoms with Gasteiger partial charge in [-0.2, -0.15) is 4.89 Å². The number of anilines is 3. The lowest BCUT2D eigenvalue weighted by Gasteiger charge is -2.16. The molecule has 2 aromatic rings. The Kier molecular flexibility index (Phi) is 12.0. The van der Waals surface area contributed by atoms with E-state index in [4.69, 9.17) is 4.74 Å². The number of hydrogen-bond acceptors (Lipinski definition) is 10. The van der Waals surface area contributed by atoms with Crippen molar-refractivity contribution in [3.8, 4) is 0 Å². The molecule has 12 nitrogen and oxygen atoms in total. The van der Waals surface area contributed by atoms with Crippen LogP contribution in [-0.4, -0.2) is 46.8 Å². The molecule has 0 aliphatic carbocycles. The summed E-state index contributed by atoms with van der Waals surface area (Å²) < 4.78 is 33.3. The Hall–Kier alpha value is -3.30. The van der Waals surface area contributed by atoms with Crippen LogP contribution in [0.1, 0.15) is 11.1 Å². The summed E-state index contributed by atoms with van der Waals surface area (Å²) in [7, 11) is -2.42. The Labute approximate surface area is 213 Å². The van der Waals surface area contributed by atoms with Crippen LogP contribution in [0.25, 0.3) is 0 Å². The quantitative estimate of drug-likeness (QED) is 0.0822. The molecule has 0 atom stereocenters. The summed E-state index contributed by atoms with van der Waals surface area (Å²) in [5, 5.41) is 8.68. The summed E-state index contributed by atoms with van der Waals surface area (Å²) in [6.45, 7) is 3.95. The van der Waals surface area contributed by atoms with Gasteiger partial charge in [-0.1, -0.05) is 6.07 Å². The second-order valence-corrected chi connectivity index (χ2v) is 9.61. The summed E-state index contributed by atoms with van der Waals surface area (Å²) in [4.78, 5) is 32.1. The highest BCUT2D eigenvalue weighted by atomic mass is 32.2. The SMILES string of the molecule is COCCOOO/C=C/SCC(=O)Nc1c(C)ccc(S(=O)(=O)Nc2ccc(NNC=O)cc2)c1C. The van der Waals surface area contributed by atoms with Gasteiger partial charge in [-0.15, -0.1) is 11.8 Å². The topological polar surface area (TPSA) is 153 Å². The molecule has 2 aromatic carbocycles. The number of sulfonamides is 1. The average Bonchev–Trinajstić information content (AvgIpc) is 2.84. The van der Waals surface area contributed by atoms with Crippen molar-refractivity contribution in [3.63, 3.8) is 0 Å². The summed E-state index contributed by atoms with van der Waals surface area (Å²) >= 11 is 1.14. The van der Waals surface area contributed by atoms with Gasteiger partial charge in [-0.3, -0.25) is 25.2 Å². The number of thioether (sulfide) groups is 1. The zero-order chi connectivity index (χ0) is 26.4. The van der Waals surface area contributed by atoms with E-state index in [9.17, 15) is 18.0 Å². The first-order chi connectivity index (χ1) is 17.3. The lowest BCUT2D eigenvalue weighted by atomic mass is 10.1. The zero-order valence-electron chi connectivity index (χ0n) is 19.9. The normalized spacial score (nSPS) is 11.2. The molecular weight excluding hydrogens is 512 g/mol. The van der Waals surface area contributed by atoms with Gasteiger partial charge in [0.2, 0.25) is 12.3 Å². The molecule has 2 rings (SSSR count). The van der Waals surface area contributed by atoms with Crippen LogP contribution in [0, 0.1) is 13.8 Å². The number of amides is 2. The number of carbonyl (C=O) groups is 2. The monoisotopic (exact) mass is 540 g/mol. The maximum absolute atomic E-state index is 13.0. The molecule has 0 spiro atoms. The highest BCUT2D eigenvalue weighted by molar-refractivity contribution is 8.02. The number of carbonyl (C=O) groups excluding carboxylic acids is 2. The van der Waals surface area contributed by atoms with E-state index in [1.807, 2.05) is 0 Å². The minimum atomic E-state index is -3.94. The molecule has 0 saturated carbocycles. The van der Waals surface area contributed by atoms with E-state index in [0.717, 1.165) is 11.8 Å². The predicted octanol–water partition coefficient (Wildman–Crippen LogP) is 2.85. The first-order valence-electron chi connectivity index (χ1n) is 10.5. The molecule has 0 radical (unpaired) electrons. The number of benzene rings is 2. The van der Waals surface area contributed by atoms with Gasteiger partial charge in [0.05, 0.1) is 22.9 Å². The van der Waals surface area contributed by atoms with E-state index < -0.39 is 10.0 Å². The maximum atomic E-state index is 13.0. The van der Waals surface area contributed by atoms with Crippen molar-refractivity contribution in [1.82, 2.24) is 5.43 Å². The average molecular weight is 541 g/mol. The fraction of sp³-hybridized carbons (Fsp3) is 0.273. The van der Waals surface area contributed by atoms with Crippen LogP contribution < -0.4 is 20.9 Å². The number of methoxy groups -OCH3 is 1. The predicted molar refractivity (Wildman–Crippen MR) is 136 cm³/mol. The van der Waals surface area contributed by atoms with E-state index >= 15 is 0 Å².